The summed E-state index contributed by atoms with van der Waals surface area (Å²) < 4.78 is 27.2. The van der Waals surface area contributed by atoms with Crippen LogP contribution in [0.2, 0.25) is 0 Å². The van der Waals surface area contributed by atoms with Crippen LogP contribution in [0.5, 0.6) is 0 Å². The van der Waals surface area contributed by atoms with E-state index in [1.54, 1.807) is 24.4 Å². The third kappa shape index (κ3) is 4.08. The van der Waals surface area contributed by atoms with Crippen molar-refractivity contribution in [3.8, 4) is 0 Å². The van der Waals surface area contributed by atoms with Crippen molar-refractivity contribution in [2.75, 3.05) is 5.32 Å². The van der Waals surface area contributed by atoms with Gasteiger partial charge >= 0.3 is 0 Å². The zero-order valence-electron chi connectivity index (χ0n) is 12.9. The Hall–Kier alpha value is -3.04. The Balaban J connectivity index is 1.81. The second-order valence-electron chi connectivity index (χ2n) is 5.19. The van der Waals surface area contributed by atoms with E-state index < -0.39 is 10.0 Å². The van der Waals surface area contributed by atoms with Gasteiger partial charge in [-0.25, -0.2) is 23.5 Å². The van der Waals surface area contributed by atoms with Crippen LogP contribution in [-0.2, 0) is 26.2 Å². The molecule has 0 aliphatic heterocycles. The molecule has 0 unspecified atom stereocenters. The molecule has 3 aromatic rings. The smallest absolute Gasteiger partial charge is 0.293 e. The van der Waals surface area contributed by atoms with E-state index in [4.69, 9.17) is 9.88 Å². The maximum atomic E-state index is 11.2. The van der Waals surface area contributed by atoms with Gasteiger partial charge in [-0.2, -0.15) is 0 Å². The molecule has 1 heterocycles. The van der Waals surface area contributed by atoms with Crippen LogP contribution in [0.4, 0.5) is 11.6 Å². The van der Waals surface area contributed by atoms with Crippen LogP contribution in [-0.4, -0.2) is 24.9 Å². The van der Waals surface area contributed by atoms with E-state index in [1.165, 1.54) is 12.1 Å². The topological polar surface area (TPSA) is 124 Å². The van der Waals surface area contributed by atoms with Crippen LogP contribution in [0, 0.1) is 0 Å². The summed E-state index contributed by atoms with van der Waals surface area (Å²) in [5, 5.41) is 8.87. The maximum absolute atomic E-state index is 11.2. The Morgan fingerprint density at radius 2 is 1.92 bits per heavy atom. The first-order valence-electron chi connectivity index (χ1n) is 7.16. The highest BCUT2D eigenvalue weighted by Crippen LogP contribution is 2.19. The minimum absolute atomic E-state index is 0.0301. The SMILES string of the molecule is NS(=O)(=O)c1ccc(Nc2ncc3cc(COC=O)ccc3n2)cc1. The van der Waals surface area contributed by atoms with Crippen LogP contribution < -0.4 is 10.5 Å². The van der Waals surface area contributed by atoms with E-state index in [-0.39, 0.29) is 11.5 Å². The second kappa shape index (κ2) is 6.83. The molecule has 8 nitrogen and oxygen atoms in total. The lowest BCUT2D eigenvalue weighted by molar-refractivity contribution is -0.129. The van der Waals surface area contributed by atoms with Crippen molar-refractivity contribution in [2.24, 2.45) is 5.14 Å². The zero-order valence-corrected chi connectivity index (χ0v) is 13.7. The zero-order chi connectivity index (χ0) is 17.9. The van der Waals surface area contributed by atoms with Crippen molar-refractivity contribution in [1.29, 1.82) is 0 Å². The van der Waals surface area contributed by atoms with Gasteiger partial charge in [-0.15, -0.1) is 0 Å². The largest absolute Gasteiger partial charge is 0.463 e. The van der Waals surface area contributed by atoms with Crippen molar-refractivity contribution in [2.45, 2.75) is 11.5 Å². The molecule has 0 aliphatic carbocycles. The van der Waals surface area contributed by atoms with E-state index in [0.29, 0.717) is 23.6 Å². The Morgan fingerprint density at radius 3 is 2.60 bits per heavy atom. The molecule has 0 spiro atoms. The monoisotopic (exact) mass is 358 g/mol. The number of rotatable bonds is 6. The quantitative estimate of drug-likeness (QED) is 0.642. The van der Waals surface area contributed by atoms with Crippen LogP contribution in [0.15, 0.2) is 53.6 Å². The third-order valence-corrected chi connectivity index (χ3v) is 4.33. The molecule has 0 fully saturated rings. The summed E-state index contributed by atoms with van der Waals surface area (Å²) in [7, 11) is -3.72. The molecule has 0 saturated heterocycles. The van der Waals surface area contributed by atoms with Crippen molar-refractivity contribution in [3.63, 3.8) is 0 Å². The average Bonchev–Trinajstić information content (AvgIpc) is 2.59. The van der Waals surface area contributed by atoms with Gasteiger partial charge in [0.25, 0.3) is 6.47 Å². The number of primary sulfonamides is 1. The number of anilines is 2. The lowest BCUT2D eigenvalue weighted by Crippen LogP contribution is -2.11. The van der Waals surface area contributed by atoms with Crippen molar-refractivity contribution in [1.82, 2.24) is 9.97 Å². The van der Waals surface area contributed by atoms with E-state index >= 15 is 0 Å². The second-order valence-corrected chi connectivity index (χ2v) is 6.75. The summed E-state index contributed by atoms with van der Waals surface area (Å²) >= 11 is 0. The van der Waals surface area contributed by atoms with Crippen LogP contribution in [0.3, 0.4) is 0 Å². The number of aromatic nitrogens is 2. The van der Waals surface area contributed by atoms with Crippen LogP contribution in [0.25, 0.3) is 10.9 Å². The summed E-state index contributed by atoms with van der Waals surface area (Å²) in [5.41, 5.74) is 2.18. The lowest BCUT2D eigenvalue weighted by atomic mass is 10.1. The number of sulfonamides is 1. The molecule has 25 heavy (non-hydrogen) atoms. The molecule has 0 aliphatic rings. The molecule has 3 N–H and O–H groups in total. The highest BCUT2D eigenvalue weighted by atomic mass is 32.2. The first-order valence-corrected chi connectivity index (χ1v) is 8.71. The van der Waals surface area contributed by atoms with Gasteiger partial charge in [0.05, 0.1) is 10.4 Å². The van der Waals surface area contributed by atoms with Gasteiger partial charge in [0, 0.05) is 17.3 Å². The number of fused-ring (bicyclic) bond motifs is 1. The number of carbonyl (C=O) groups is 1. The first-order chi connectivity index (χ1) is 12.0. The van der Waals surface area contributed by atoms with E-state index in [0.717, 1.165) is 10.9 Å². The molecule has 2 aromatic carbocycles. The molecule has 9 heteroatoms. The summed E-state index contributed by atoms with van der Waals surface area (Å²) in [6.07, 6.45) is 1.65. The number of hydrogen-bond acceptors (Lipinski definition) is 7. The molecular weight excluding hydrogens is 344 g/mol. The maximum Gasteiger partial charge on any atom is 0.293 e. The summed E-state index contributed by atoms with van der Waals surface area (Å²) in [6.45, 7) is 0.588. The van der Waals surface area contributed by atoms with E-state index in [1.807, 2.05) is 12.1 Å². The van der Waals surface area contributed by atoms with Crippen molar-refractivity contribution < 1.29 is 17.9 Å². The van der Waals surface area contributed by atoms with E-state index in [9.17, 15) is 13.2 Å². The number of carbonyl (C=O) groups excluding carboxylic acids is 1. The van der Waals surface area contributed by atoms with Gasteiger partial charge in [0.2, 0.25) is 16.0 Å². The highest BCUT2D eigenvalue weighted by Gasteiger charge is 2.07. The van der Waals surface area contributed by atoms with Gasteiger partial charge < -0.3 is 10.1 Å². The molecule has 0 atom stereocenters. The molecule has 3 rings (SSSR count). The standard InChI is InChI=1S/C16H14N4O4S/c17-25(22,23)14-4-2-13(3-5-14)19-16-18-8-12-7-11(9-24-10-21)1-6-15(12)20-16/h1-8,10H,9H2,(H2,17,22,23)(H,18,19,20). The van der Waals surface area contributed by atoms with E-state index in [2.05, 4.69) is 15.3 Å². The van der Waals surface area contributed by atoms with Crippen molar-refractivity contribution >= 4 is 39.0 Å². The minimum atomic E-state index is -3.72. The fourth-order valence-electron chi connectivity index (χ4n) is 2.22. The number of hydrogen-bond donors (Lipinski definition) is 2. The van der Waals surface area contributed by atoms with Gasteiger partial charge in [-0.05, 0) is 42.0 Å². The van der Waals surface area contributed by atoms with Gasteiger partial charge in [-0.3, -0.25) is 4.79 Å². The third-order valence-electron chi connectivity index (χ3n) is 3.40. The lowest BCUT2D eigenvalue weighted by Gasteiger charge is -2.07. The minimum Gasteiger partial charge on any atom is -0.463 e. The highest BCUT2D eigenvalue weighted by molar-refractivity contribution is 7.89. The normalized spacial score (nSPS) is 11.2. The van der Waals surface area contributed by atoms with Gasteiger partial charge in [0.1, 0.15) is 6.61 Å². The molecule has 0 radical (unpaired) electrons. The Kier molecular flexibility index (Phi) is 4.59. The van der Waals surface area contributed by atoms with Gasteiger partial charge in [0.15, 0.2) is 0 Å². The summed E-state index contributed by atoms with van der Waals surface area (Å²) in [4.78, 5) is 18.9. The number of ether oxygens (including phenoxy) is 1. The fourth-order valence-corrected chi connectivity index (χ4v) is 2.74. The molecule has 1 aromatic heterocycles. The van der Waals surface area contributed by atoms with Gasteiger partial charge in [-0.1, -0.05) is 6.07 Å². The predicted octanol–water partition coefficient (Wildman–Crippen LogP) is 1.69. The fraction of sp³-hybridized carbons (Fsp3) is 0.0625. The van der Waals surface area contributed by atoms with Crippen LogP contribution in [0.1, 0.15) is 5.56 Å². The predicted molar refractivity (Wildman–Crippen MR) is 91.5 cm³/mol. The Morgan fingerprint density at radius 1 is 1.16 bits per heavy atom. The number of nitrogens with zero attached hydrogens (tertiary/aromatic N) is 2. The summed E-state index contributed by atoms with van der Waals surface area (Å²) in [5.74, 6) is 0.368. The molecule has 0 saturated carbocycles. The number of nitrogens with one attached hydrogen (secondary N) is 1. The summed E-state index contributed by atoms with van der Waals surface area (Å²) in [6, 6.07) is 11.4. The number of nitrogens with two attached hydrogens (primary N) is 1. The van der Waals surface area contributed by atoms with Crippen molar-refractivity contribution in [3.05, 3.63) is 54.2 Å². The van der Waals surface area contributed by atoms with Crippen LogP contribution >= 0.6 is 0 Å². The Bertz CT molecular complexity index is 1020. The average molecular weight is 358 g/mol. The first kappa shape index (κ1) is 16.8. The molecule has 0 bridgehead atoms. The Labute approximate surface area is 143 Å². The number of benzene rings is 2. The molecular formula is C16H14N4O4S. The molecule has 128 valence electrons. The molecule has 0 amide bonds.